The SMILES string of the molecule is Cc1noc(C)c1S(=O)(=O)N1CCCC(C(=O)NCCc2nnc3n2CCCCC3)C1. The number of sulfonamides is 1. The second-order valence-corrected chi connectivity index (χ2v) is 10.3. The van der Waals surface area contributed by atoms with E-state index < -0.39 is 10.0 Å². The summed E-state index contributed by atoms with van der Waals surface area (Å²) < 4.78 is 34.7. The highest BCUT2D eigenvalue weighted by molar-refractivity contribution is 7.89. The van der Waals surface area contributed by atoms with Crippen LogP contribution in [0.4, 0.5) is 0 Å². The highest BCUT2D eigenvalue weighted by Gasteiger charge is 2.36. The Morgan fingerprint density at radius 2 is 2.00 bits per heavy atom. The molecule has 0 aliphatic carbocycles. The van der Waals surface area contributed by atoms with Crippen LogP contribution < -0.4 is 5.32 Å². The van der Waals surface area contributed by atoms with Crippen LogP contribution in [-0.2, 0) is 34.2 Å². The molecular formula is C20H30N6O4S. The Hall–Kier alpha value is -2.27. The van der Waals surface area contributed by atoms with Crippen LogP contribution in [0, 0.1) is 19.8 Å². The molecule has 170 valence electrons. The van der Waals surface area contributed by atoms with Gasteiger partial charge in [-0.3, -0.25) is 4.79 Å². The van der Waals surface area contributed by atoms with Crippen LogP contribution in [0.2, 0.25) is 0 Å². The van der Waals surface area contributed by atoms with Crippen molar-refractivity contribution in [3.63, 3.8) is 0 Å². The summed E-state index contributed by atoms with van der Waals surface area (Å²) in [6.07, 6.45) is 6.35. The maximum Gasteiger partial charge on any atom is 0.248 e. The molecule has 1 unspecified atom stereocenters. The summed E-state index contributed by atoms with van der Waals surface area (Å²) in [5.74, 6) is 1.72. The summed E-state index contributed by atoms with van der Waals surface area (Å²) in [7, 11) is -3.74. The lowest BCUT2D eigenvalue weighted by Gasteiger charge is -2.31. The Morgan fingerprint density at radius 1 is 1.16 bits per heavy atom. The number of aryl methyl sites for hydroxylation is 3. The van der Waals surface area contributed by atoms with Gasteiger partial charge >= 0.3 is 0 Å². The van der Waals surface area contributed by atoms with E-state index in [9.17, 15) is 13.2 Å². The lowest BCUT2D eigenvalue weighted by atomic mass is 9.99. The fraction of sp³-hybridized carbons (Fsp3) is 0.700. The molecule has 4 heterocycles. The summed E-state index contributed by atoms with van der Waals surface area (Å²) >= 11 is 0. The number of hydrogen-bond acceptors (Lipinski definition) is 7. The molecule has 2 aromatic heterocycles. The van der Waals surface area contributed by atoms with E-state index in [1.165, 1.54) is 10.7 Å². The zero-order chi connectivity index (χ0) is 22.0. The summed E-state index contributed by atoms with van der Waals surface area (Å²) in [5, 5.41) is 15.3. The van der Waals surface area contributed by atoms with Crippen molar-refractivity contribution >= 4 is 15.9 Å². The van der Waals surface area contributed by atoms with Gasteiger partial charge in [0.1, 0.15) is 22.2 Å². The predicted molar refractivity (Wildman–Crippen MR) is 112 cm³/mol. The number of aromatic nitrogens is 4. The van der Waals surface area contributed by atoms with Gasteiger partial charge in [0, 0.05) is 39.0 Å². The highest BCUT2D eigenvalue weighted by atomic mass is 32.2. The molecule has 2 aliphatic heterocycles. The van der Waals surface area contributed by atoms with E-state index in [-0.39, 0.29) is 29.0 Å². The van der Waals surface area contributed by atoms with Crippen LogP contribution in [0.25, 0.3) is 0 Å². The summed E-state index contributed by atoms with van der Waals surface area (Å²) in [4.78, 5) is 12.9. The van der Waals surface area contributed by atoms with Crippen LogP contribution in [0.5, 0.6) is 0 Å². The van der Waals surface area contributed by atoms with E-state index in [4.69, 9.17) is 4.52 Å². The summed E-state index contributed by atoms with van der Waals surface area (Å²) in [6.45, 7) is 5.16. The topological polar surface area (TPSA) is 123 Å². The van der Waals surface area contributed by atoms with Crippen LogP contribution in [-0.4, -0.2) is 58.2 Å². The van der Waals surface area contributed by atoms with Gasteiger partial charge in [0.15, 0.2) is 5.76 Å². The van der Waals surface area contributed by atoms with Crippen LogP contribution >= 0.6 is 0 Å². The van der Waals surface area contributed by atoms with Crippen LogP contribution in [0.1, 0.15) is 55.2 Å². The molecule has 1 amide bonds. The smallest absolute Gasteiger partial charge is 0.248 e. The first kappa shape index (κ1) is 21.9. The molecule has 0 spiro atoms. The molecule has 0 bridgehead atoms. The average Bonchev–Trinajstić information content (AvgIpc) is 3.20. The Morgan fingerprint density at radius 3 is 2.77 bits per heavy atom. The van der Waals surface area contributed by atoms with Crippen molar-refractivity contribution in [1.82, 2.24) is 29.5 Å². The van der Waals surface area contributed by atoms with Gasteiger partial charge in [-0.1, -0.05) is 11.6 Å². The van der Waals surface area contributed by atoms with Gasteiger partial charge in [-0.2, -0.15) is 4.31 Å². The largest absolute Gasteiger partial charge is 0.360 e. The Labute approximate surface area is 182 Å². The number of fused-ring (bicyclic) bond motifs is 1. The third-order valence-electron chi connectivity index (χ3n) is 6.15. The van der Waals surface area contributed by atoms with Gasteiger partial charge in [0.2, 0.25) is 15.9 Å². The normalized spacial score (nSPS) is 20.3. The van der Waals surface area contributed by atoms with E-state index in [1.54, 1.807) is 13.8 Å². The van der Waals surface area contributed by atoms with Crippen molar-refractivity contribution in [2.24, 2.45) is 5.92 Å². The van der Waals surface area contributed by atoms with E-state index in [0.29, 0.717) is 38.0 Å². The molecule has 10 nitrogen and oxygen atoms in total. The lowest BCUT2D eigenvalue weighted by Crippen LogP contribution is -2.45. The van der Waals surface area contributed by atoms with Crippen LogP contribution in [0.15, 0.2) is 9.42 Å². The Kier molecular flexibility index (Phi) is 6.42. The molecule has 1 atom stereocenters. The van der Waals surface area contributed by atoms with Crippen LogP contribution in [0.3, 0.4) is 0 Å². The number of nitrogens with zero attached hydrogens (tertiary/aromatic N) is 5. The maximum absolute atomic E-state index is 13.1. The van der Waals surface area contributed by atoms with Crippen molar-refractivity contribution in [1.29, 1.82) is 0 Å². The maximum atomic E-state index is 13.1. The van der Waals surface area contributed by atoms with Crippen molar-refractivity contribution in [3.05, 3.63) is 23.1 Å². The molecule has 1 N–H and O–H groups in total. The highest BCUT2D eigenvalue weighted by Crippen LogP contribution is 2.27. The molecular weight excluding hydrogens is 420 g/mol. The van der Waals surface area contributed by atoms with Gasteiger partial charge in [0.25, 0.3) is 0 Å². The van der Waals surface area contributed by atoms with E-state index in [0.717, 1.165) is 37.5 Å². The third kappa shape index (κ3) is 4.52. The molecule has 11 heteroatoms. The third-order valence-corrected chi connectivity index (χ3v) is 8.26. The van der Waals surface area contributed by atoms with Gasteiger partial charge < -0.3 is 14.4 Å². The minimum atomic E-state index is -3.74. The van der Waals surface area contributed by atoms with E-state index >= 15 is 0 Å². The zero-order valence-corrected chi connectivity index (χ0v) is 18.9. The Bertz CT molecular complexity index is 1020. The van der Waals surface area contributed by atoms with Gasteiger partial charge in [-0.05, 0) is 39.5 Å². The second kappa shape index (κ2) is 9.07. The van der Waals surface area contributed by atoms with E-state index in [1.807, 2.05) is 0 Å². The van der Waals surface area contributed by atoms with Crippen molar-refractivity contribution in [3.8, 4) is 0 Å². The fourth-order valence-electron chi connectivity index (χ4n) is 4.52. The number of carbonyl (C=O) groups excluding carboxylic acids is 1. The molecule has 2 aliphatic rings. The van der Waals surface area contributed by atoms with E-state index in [2.05, 4.69) is 25.2 Å². The first-order chi connectivity index (χ1) is 14.9. The van der Waals surface area contributed by atoms with Gasteiger partial charge in [-0.15, -0.1) is 10.2 Å². The number of rotatable bonds is 6. The molecule has 1 saturated heterocycles. The molecule has 2 aromatic rings. The molecule has 0 radical (unpaired) electrons. The van der Waals surface area contributed by atoms with Gasteiger partial charge in [-0.25, -0.2) is 8.42 Å². The predicted octanol–water partition coefficient (Wildman–Crippen LogP) is 1.37. The standard InChI is InChI=1S/C20H30N6O4S/c1-14-19(15(2)30-24-14)31(28,29)25-11-6-7-16(13-25)20(27)21-10-9-18-23-22-17-8-4-3-5-12-26(17)18/h16H,3-13H2,1-2H3,(H,21,27). The first-order valence-corrected chi connectivity index (χ1v) is 12.4. The fourth-order valence-corrected chi connectivity index (χ4v) is 6.33. The molecule has 0 aromatic carbocycles. The second-order valence-electron chi connectivity index (χ2n) is 8.39. The average molecular weight is 451 g/mol. The number of hydrogen-bond donors (Lipinski definition) is 1. The van der Waals surface area contributed by atoms with Crippen molar-refractivity contribution < 1.29 is 17.7 Å². The summed E-state index contributed by atoms with van der Waals surface area (Å²) in [6, 6.07) is 0. The quantitative estimate of drug-likeness (QED) is 0.705. The Balaban J connectivity index is 1.35. The molecule has 4 rings (SSSR count). The summed E-state index contributed by atoms with van der Waals surface area (Å²) in [5.41, 5.74) is 0.344. The monoisotopic (exact) mass is 450 g/mol. The van der Waals surface area contributed by atoms with Gasteiger partial charge in [0.05, 0.1) is 5.92 Å². The zero-order valence-electron chi connectivity index (χ0n) is 18.1. The van der Waals surface area contributed by atoms with Crippen molar-refractivity contribution in [2.75, 3.05) is 19.6 Å². The molecule has 1 fully saturated rings. The first-order valence-electron chi connectivity index (χ1n) is 11.0. The molecule has 0 saturated carbocycles. The number of amides is 1. The lowest BCUT2D eigenvalue weighted by molar-refractivity contribution is -0.126. The minimum Gasteiger partial charge on any atom is -0.360 e. The van der Waals surface area contributed by atoms with Crippen molar-refractivity contribution in [2.45, 2.75) is 70.2 Å². The number of carbonyl (C=O) groups is 1. The number of nitrogens with one attached hydrogen (secondary N) is 1. The molecule has 31 heavy (non-hydrogen) atoms. The number of piperidine rings is 1. The minimum absolute atomic E-state index is 0.112.